The lowest BCUT2D eigenvalue weighted by Gasteiger charge is -2.27. The molecule has 3 aromatic carbocycles. The number of benzene rings is 3. The number of nitrogens with zero attached hydrogens (tertiary/aromatic N) is 1. The van der Waals surface area contributed by atoms with E-state index in [9.17, 15) is 19.5 Å². The van der Waals surface area contributed by atoms with Crippen molar-refractivity contribution in [2.45, 2.75) is 6.04 Å². The quantitative estimate of drug-likeness (QED) is 0.303. The van der Waals surface area contributed by atoms with Gasteiger partial charge >= 0.3 is 5.97 Å². The zero-order valence-corrected chi connectivity index (χ0v) is 19.4. The van der Waals surface area contributed by atoms with Crippen molar-refractivity contribution in [2.75, 3.05) is 19.1 Å². The number of hydrogen-bond acceptors (Lipinski definition) is 7. The maximum Gasteiger partial charge on any atom is 0.337 e. The standard InChI is InChI=1S/C28H21NO7/c1-34-20-12-10-16(11-13-20)24-23(25(30)22-15-17-6-3-4-9-21(17)36-22)26(31)27(32)29(24)19-8-5-7-18(14-19)28(33)35-2/h3-15,24,31H,1-2H3. The van der Waals surface area contributed by atoms with Crippen LogP contribution in [0.3, 0.4) is 0 Å². The normalized spacial score (nSPS) is 15.4. The van der Waals surface area contributed by atoms with Crippen LogP contribution in [-0.2, 0) is 9.53 Å². The summed E-state index contributed by atoms with van der Waals surface area (Å²) in [6.45, 7) is 0. The molecule has 2 heterocycles. The van der Waals surface area contributed by atoms with Crippen LogP contribution in [0, 0.1) is 0 Å². The third-order valence-corrected chi connectivity index (χ3v) is 6.08. The SMILES string of the molecule is COC(=O)c1cccc(N2C(=O)C(O)=C(C(=O)c3cc4ccccc4o3)C2c2ccc(OC)cc2)c1. The lowest BCUT2D eigenvalue weighted by Crippen LogP contribution is -2.31. The van der Waals surface area contributed by atoms with Gasteiger partial charge in [0.05, 0.1) is 31.4 Å². The molecule has 1 aromatic heterocycles. The second-order valence-corrected chi connectivity index (χ2v) is 8.13. The topological polar surface area (TPSA) is 106 Å². The predicted octanol–water partition coefficient (Wildman–Crippen LogP) is 5.01. The summed E-state index contributed by atoms with van der Waals surface area (Å²) < 4.78 is 15.8. The molecule has 36 heavy (non-hydrogen) atoms. The average molecular weight is 483 g/mol. The highest BCUT2D eigenvalue weighted by molar-refractivity contribution is 6.20. The second kappa shape index (κ2) is 9.07. The molecule has 1 aliphatic heterocycles. The predicted molar refractivity (Wildman–Crippen MR) is 131 cm³/mol. The van der Waals surface area contributed by atoms with Gasteiger partial charge in [-0.3, -0.25) is 14.5 Å². The van der Waals surface area contributed by atoms with Gasteiger partial charge in [0.15, 0.2) is 11.5 Å². The Labute approximate surface area is 206 Å². The summed E-state index contributed by atoms with van der Waals surface area (Å²) in [5.74, 6) is -2.10. The molecule has 180 valence electrons. The van der Waals surface area contributed by atoms with Gasteiger partial charge < -0.3 is 19.0 Å². The molecule has 0 saturated heterocycles. The zero-order chi connectivity index (χ0) is 25.4. The number of Topliss-reactive ketones (excluding diaryl/α,β-unsaturated/α-hetero) is 1. The second-order valence-electron chi connectivity index (χ2n) is 8.13. The van der Waals surface area contributed by atoms with Crippen molar-refractivity contribution in [1.29, 1.82) is 0 Å². The van der Waals surface area contributed by atoms with E-state index in [1.165, 1.54) is 25.2 Å². The number of ether oxygens (including phenoxy) is 2. The van der Waals surface area contributed by atoms with Gasteiger partial charge in [0.1, 0.15) is 11.3 Å². The summed E-state index contributed by atoms with van der Waals surface area (Å²) >= 11 is 0. The molecule has 0 aliphatic carbocycles. The average Bonchev–Trinajstić information content (AvgIpc) is 3.47. The van der Waals surface area contributed by atoms with E-state index >= 15 is 0 Å². The van der Waals surface area contributed by atoms with Gasteiger partial charge in [-0.05, 0) is 48.0 Å². The maximum absolute atomic E-state index is 13.7. The number of aliphatic hydroxyl groups is 1. The van der Waals surface area contributed by atoms with Crippen molar-refractivity contribution >= 4 is 34.3 Å². The Hall–Kier alpha value is -4.85. The number of para-hydroxylation sites is 1. The molecule has 0 saturated carbocycles. The number of ketones is 1. The summed E-state index contributed by atoms with van der Waals surface area (Å²) in [5.41, 5.74) is 1.45. The fourth-order valence-corrected chi connectivity index (χ4v) is 4.33. The van der Waals surface area contributed by atoms with Crippen LogP contribution in [0.1, 0.15) is 32.5 Å². The van der Waals surface area contributed by atoms with Gasteiger partial charge in [0.2, 0.25) is 5.78 Å². The number of esters is 1. The Bertz CT molecular complexity index is 1500. The first-order valence-corrected chi connectivity index (χ1v) is 11.0. The molecule has 5 rings (SSSR count). The van der Waals surface area contributed by atoms with Gasteiger partial charge in [-0.2, -0.15) is 0 Å². The van der Waals surface area contributed by atoms with Gasteiger partial charge in [-0.25, -0.2) is 4.79 Å². The molecule has 0 bridgehead atoms. The number of aliphatic hydroxyl groups excluding tert-OH is 1. The van der Waals surface area contributed by atoms with Crippen LogP contribution in [0.4, 0.5) is 5.69 Å². The highest BCUT2D eigenvalue weighted by Crippen LogP contribution is 2.43. The number of furan rings is 1. The molecule has 8 nitrogen and oxygen atoms in total. The molecule has 1 atom stereocenters. The number of hydrogen-bond donors (Lipinski definition) is 1. The first-order valence-electron chi connectivity index (χ1n) is 11.0. The largest absolute Gasteiger partial charge is 0.503 e. The molecule has 1 N–H and O–H groups in total. The van der Waals surface area contributed by atoms with Crippen LogP contribution >= 0.6 is 0 Å². The molecule has 0 fully saturated rings. The van der Waals surface area contributed by atoms with Crippen molar-refractivity contribution in [2.24, 2.45) is 0 Å². The number of carbonyl (C=O) groups is 3. The van der Waals surface area contributed by atoms with Gasteiger partial charge in [0.25, 0.3) is 5.91 Å². The Balaban J connectivity index is 1.65. The summed E-state index contributed by atoms with van der Waals surface area (Å²) in [4.78, 5) is 40.5. The smallest absolute Gasteiger partial charge is 0.337 e. The number of methoxy groups -OCH3 is 2. The minimum Gasteiger partial charge on any atom is -0.503 e. The van der Waals surface area contributed by atoms with Crippen molar-refractivity contribution in [3.05, 3.63) is 107 Å². The van der Waals surface area contributed by atoms with Crippen LogP contribution < -0.4 is 9.64 Å². The van der Waals surface area contributed by atoms with E-state index in [-0.39, 0.29) is 16.9 Å². The first kappa shape index (κ1) is 22.9. The lowest BCUT2D eigenvalue weighted by atomic mass is 9.94. The summed E-state index contributed by atoms with van der Waals surface area (Å²) in [6, 6.07) is 20.8. The lowest BCUT2D eigenvalue weighted by molar-refractivity contribution is -0.117. The van der Waals surface area contributed by atoms with E-state index in [1.54, 1.807) is 66.7 Å². The number of rotatable bonds is 6. The highest BCUT2D eigenvalue weighted by atomic mass is 16.5. The highest BCUT2D eigenvalue weighted by Gasteiger charge is 2.45. The van der Waals surface area contributed by atoms with Crippen LogP contribution in [0.2, 0.25) is 0 Å². The Morgan fingerprint density at radius 1 is 0.944 bits per heavy atom. The van der Waals surface area contributed by atoms with Crippen molar-refractivity contribution < 1.29 is 33.4 Å². The third kappa shape index (κ3) is 3.78. The van der Waals surface area contributed by atoms with Gasteiger partial charge in [-0.1, -0.05) is 36.4 Å². The Morgan fingerprint density at radius 3 is 2.39 bits per heavy atom. The monoisotopic (exact) mass is 483 g/mol. The fourth-order valence-electron chi connectivity index (χ4n) is 4.33. The van der Waals surface area contributed by atoms with Crippen LogP contribution in [0.15, 0.2) is 94.6 Å². The van der Waals surface area contributed by atoms with Crippen LogP contribution in [0.5, 0.6) is 5.75 Å². The molecule has 4 aromatic rings. The van der Waals surface area contributed by atoms with E-state index in [2.05, 4.69) is 0 Å². The number of anilines is 1. The van der Waals surface area contributed by atoms with Crippen molar-refractivity contribution in [3.8, 4) is 5.75 Å². The number of amides is 1. The minimum absolute atomic E-state index is 0.00535. The van der Waals surface area contributed by atoms with Crippen LogP contribution in [0.25, 0.3) is 11.0 Å². The molecular formula is C28H21NO7. The molecule has 1 aliphatic rings. The van der Waals surface area contributed by atoms with E-state index in [0.29, 0.717) is 28.0 Å². The minimum atomic E-state index is -0.989. The number of fused-ring (bicyclic) bond motifs is 1. The van der Waals surface area contributed by atoms with Crippen LogP contribution in [-0.4, -0.2) is 37.0 Å². The summed E-state index contributed by atoms with van der Waals surface area (Å²) in [5, 5.41) is 11.7. The third-order valence-electron chi connectivity index (χ3n) is 6.08. The summed E-state index contributed by atoms with van der Waals surface area (Å²) in [7, 11) is 2.79. The Kier molecular flexibility index (Phi) is 5.77. The van der Waals surface area contributed by atoms with E-state index in [0.717, 1.165) is 0 Å². The fraction of sp³-hybridized carbons (Fsp3) is 0.107. The van der Waals surface area contributed by atoms with Crippen molar-refractivity contribution in [3.63, 3.8) is 0 Å². The summed E-state index contributed by atoms with van der Waals surface area (Å²) in [6.07, 6.45) is 0. The maximum atomic E-state index is 13.7. The van der Waals surface area contributed by atoms with E-state index < -0.39 is 29.5 Å². The molecule has 0 spiro atoms. The first-order chi connectivity index (χ1) is 17.4. The Morgan fingerprint density at radius 2 is 1.69 bits per heavy atom. The van der Waals surface area contributed by atoms with E-state index in [4.69, 9.17) is 13.9 Å². The molecule has 1 amide bonds. The van der Waals surface area contributed by atoms with Gasteiger partial charge in [0, 0.05) is 11.1 Å². The molecule has 0 radical (unpaired) electrons. The molecule has 8 heteroatoms. The van der Waals surface area contributed by atoms with Crippen molar-refractivity contribution in [1.82, 2.24) is 0 Å². The van der Waals surface area contributed by atoms with E-state index in [1.807, 2.05) is 6.07 Å². The van der Waals surface area contributed by atoms with Gasteiger partial charge in [-0.15, -0.1) is 0 Å². The zero-order valence-electron chi connectivity index (χ0n) is 19.4. The molecular weight excluding hydrogens is 462 g/mol. The number of carbonyl (C=O) groups excluding carboxylic acids is 3. The molecule has 1 unspecified atom stereocenters.